The number of carbonyl (C=O) groups is 1. The molecule has 1 amide bonds. The van der Waals surface area contributed by atoms with Gasteiger partial charge in [-0.2, -0.15) is 0 Å². The van der Waals surface area contributed by atoms with Crippen LogP contribution in [0.5, 0.6) is 0 Å². The van der Waals surface area contributed by atoms with E-state index in [0.717, 1.165) is 48.7 Å². The van der Waals surface area contributed by atoms with Gasteiger partial charge in [-0.25, -0.2) is 4.98 Å². The van der Waals surface area contributed by atoms with E-state index in [4.69, 9.17) is 0 Å². The SMILES string of the molecule is CN(C)c1ncc(Br)cc1C(=O)N1CCC(NCC2CC2)CC1. The molecule has 1 aliphatic heterocycles. The number of likely N-dealkylation sites (tertiary alicyclic amines) is 1. The molecule has 1 aliphatic carbocycles. The van der Waals surface area contributed by atoms with Gasteiger partial charge in [-0.1, -0.05) is 0 Å². The molecule has 1 N–H and O–H groups in total. The molecule has 0 atom stereocenters. The van der Waals surface area contributed by atoms with Gasteiger partial charge in [0, 0.05) is 43.9 Å². The fraction of sp³-hybridized carbons (Fsp3) is 0.647. The van der Waals surface area contributed by atoms with Crippen LogP contribution in [0.15, 0.2) is 16.7 Å². The van der Waals surface area contributed by atoms with Crippen molar-refractivity contribution in [2.45, 2.75) is 31.7 Å². The maximum Gasteiger partial charge on any atom is 0.257 e. The highest BCUT2D eigenvalue weighted by Crippen LogP contribution is 2.28. The smallest absolute Gasteiger partial charge is 0.257 e. The average molecular weight is 381 g/mol. The first-order chi connectivity index (χ1) is 11.0. The molecule has 126 valence electrons. The predicted octanol–water partition coefficient (Wildman–Crippen LogP) is 2.51. The Bertz CT molecular complexity index is 566. The highest BCUT2D eigenvalue weighted by Gasteiger charge is 2.27. The molecule has 2 heterocycles. The molecule has 2 aliphatic rings. The van der Waals surface area contributed by atoms with Crippen molar-refractivity contribution < 1.29 is 4.79 Å². The number of aromatic nitrogens is 1. The fourth-order valence-corrected chi connectivity index (χ4v) is 3.39. The van der Waals surface area contributed by atoms with Crippen molar-refractivity contribution in [3.05, 3.63) is 22.3 Å². The summed E-state index contributed by atoms with van der Waals surface area (Å²) in [7, 11) is 3.84. The standard InChI is InChI=1S/C17H25BrN4O/c1-21(2)16-15(9-13(18)11-20-16)17(23)22-7-5-14(6-8-22)19-10-12-3-4-12/h9,11-12,14,19H,3-8,10H2,1-2H3. The normalized spacial score (nSPS) is 19.0. The zero-order valence-electron chi connectivity index (χ0n) is 13.9. The third kappa shape index (κ3) is 4.23. The van der Waals surface area contributed by atoms with E-state index in [9.17, 15) is 4.79 Å². The number of nitrogens with zero attached hydrogens (tertiary/aromatic N) is 3. The van der Waals surface area contributed by atoms with Crippen LogP contribution >= 0.6 is 15.9 Å². The molecular weight excluding hydrogens is 356 g/mol. The van der Waals surface area contributed by atoms with Gasteiger partial charge in [-0.3, -0.25) is 4.79 Å². The van der Waals surface area contributed by atoms with E-state index in [1.54, 1.807) is 6.20 Å². The number of hydrogen-bond donors (Lipinski definition) is 1. The number of anilines is 1. The van der Waals surface area contributed by atoms with Crippen molar-refractivity contribution >= 4 is 27.7 Å². The highest BCUT2D eigenvalue weighted by atomic mass is 79.9. The first-order valence-corrected chi connectivity index (χ1v) is 9.19. The number of hydrogen-bond acceptors (Lipinski definition) is 4. The Labute approximate surface area is 146 Å². The molecule has 3 rings (SSSR count). The summed E-state index contributed by atoms with van der Waals surface area (Å²) in [6, 6.07) is 2.44. The maximum absolute atomic E-state index is 12.9. The minimum atomic E-state index is 0.0862. The second-order valence-electron chi connectivity index (χ2n) is 6.84. The van der Waals surface area contributed by atoms with Crippen LogP contribution in [-0.2, 0) is 0 Å². The van der Waals surface area contributed by atoms with Gasteiger partial charge in [0.05, 0.1) is 5.56 Å². The third-order valence-corrected chi connectivity index (χ3v) is 5.10. The Hall–Kier alpha value is -1.14. The molecule has 1 saturated carbocycles. The number of amides is 1. The van der Waals surface area contributed by atoms with Crippen LogP contribution in [0, 0.1) is 5.92 Å². The van der Waals surface area contributed by atoms with Crippen molar-refractivity contribution in [2.24, 2.45) is 5.92 Å². The van der Waals surface area contributed by atoms with Crippen LogP contribution in [0.1, 0.15) is 36.0 Å². The molecule has 1 aromatic heterocycles. The van der Waals surface area contributed by atoms with Gasteiger partial charge >= 0.3 is 0 Å². The summed E-state index contributed by atoms with van der Waals surface area (Å²) in [5.74, 6) is 1.72. The molecule has 0 radical (unpaired) electrons. The van der Waals surface area contributed by atoms with E-state index in [1.165, 1.54) is 12.8 Å². The predicted molar refractivity (Wildman–Crippen MR) is 95.9 cm³/mol. The minimum Gasteiger partial charge on any atom is -0.362 e. The number of halogens is 1. The number of rotatable bonds is 5. The molecular formula is C17H25BrN4O. The topological polar surface area (TPSA) is 48.5 Å². The van der Waals surface area contributed by atoms with Gasteiger partial charge < -0.3 is 15.1 Å². The molecule has 1 aromatic rings. The van der Waals surface area contributed by atoms with E-state index in [0.29, 0.717) is 11.6 Å². The van der Waals surface area contributed by atoms with Crippen LogP contribution in [0.3, 0.4) is 0 Å². The highest BCUT2D eigenvalue weighted by molar-refractivity contribution is 9.10. The lowest BCUT2D eigenvalue weighted by atomic mass is 10.0. The van der Waals surface area contributed by atoms with Crippen LogP contribution in [0.2, 0.25) is 0 Å². The summed E-state index contributed by atoms with van der Waals surface area (Å²) >= 11 is 3.43. The van der Waals surface area contributed by atoms with Crippen molar-refractivity contribution in [2.75, 3.05) is 38.6 Å². The van der Waals surface area contributed by atoms with Crippen molar-refractivity contribution in [1.82, 2.24) is 15.2 Å². The summed E-state index contributed by atoms with van der Waals surface area (Å²) < 4.78 is 0.840. The Morgan fingerprint density at radius 1 is 1.35 bits per heavy atom. The first-order valence-electron chi connectivity index (χ1n) is 8.40. The molecule has 0 unspecified atom stereocenters. The molecule has 1 saturated heterocycles. The summed E-state index contributed by atoms with van der Waals surface area (Å²) in [6.45, 7) is 2.79. The second kappa shape index (κ2) is 7.18. The molecule has 5 nitrogen and oxygen atoms in total. The lowest BCUT2D eigenvalue weighted by Crippen LogP contribution is -2.45. The Balaban J connectivity index is 1.61. The van der Waals surface area contributed by atoms with E-state index in [-0.39, 0.29) is 5.91 Å². The third-order valence-electron chi connectivity index (χ3n) is 4.66. The summed E-state index contributed by atoms with van der Waals surface area (Å²) in [5.41, 5.74) is 0.675. The largest absolute Gasteiger partial charge is 0.362 e. The first kappa shape index (κ1) is 16.7. The molecule has 23 heavy (non-hydrogen) atoms. The lowest BCUT2D eigenvalue weighted by molar-refractivity contribution is 0.0705. The summed E-state index contributed by atoms with van der Waals surface area (Å²) in [6.07, 6.45) is 6.58. The van der Waals surface area contributed by atoms with Gasteiger partial charge in [0.25, 0.3) is 5.91 Å². The van der Waals surface area contributed by atoms with Crippen molar-refractivity contribution in [3.63, 3.8) is 0 Å². The van der Waals surface area contributed by atoms with E-state index in [1.807, 2.05) is 30.0 Å². The molecule has 6 heteroatoms. The summed E-state index contributed by atoms with van der Waals surface area (Å²) in [4.78, 5) is 21.1. The lowest BCUT2D eigenvalue weighted by Gasteiger charge is -2.33. The van der Waals surface area contributed by atoms with Crippen LogP contribution in [0.25, 0.3) is 0 Å². The summed E-state index contributed by atoms with van der Waals surface area (Å²) in [5, 5.41) is 3.66. The van der Waals surface area contributed by atoms with Gasteiger partial charge in [0.15, 0.2) is 0 Å². The molecule has 0 bridgehead atoms. The number of piperidine rings is 1. The van der Waals surface area contributed by atoms with Gasteiger partial charge in [0.2, 0.25) is 0 Å². The van der Waals surface area contributed by atoms with Crippen LogP contribution in [0.4, 0.5) is 5.82 Å². The maximum atomic E-state index is 12.9. The average Bonchev–Trinajstić information content (AvgIpc) is 3.36. The Morgan fingerprint density at radius 3 is 2.65 bits per heavy atom. The van der Waals surface area contributed by atoms with Crippen molar-refractivity contribution in [3.8, 4) is 0 Å². The number of carbonyl (C=O) groups excluding carboxylic acids is 1. The monoisotopic (exact) mass is 380 g/mol. The van der Waals surface area contributed by atoms with Gasteiger partial charge in [-0.15, -0.1) is 0 Å². The van der Waals surface area contributed by atoms with Crippen LogP contribution in [-0.4, -0.2) is 55.6 Å². The van der Waals surface area contributed by atoms with Gasteiger partial charge in [-0.05, 0) is 60.1 Å². The Morgan fingerprint density at radius 2 is 2.04 bits per heavy atom. The van der Waals surface area contributed by atoms with Crippen LogP contribution < -0.4 is 10.2 Å². The molecule has 0 aromatic carbocycles. The zero-order valence-corrected chi connectivity index (χ0v) is 15.5. The van der Waals surface area contributed by atoms with Crippen molar-refractivity contribution in [1.29, 1.82) is 0 Å². The fourth-order valence-electron chi connectivity index (χ4n) is 3.06. The van der Waals surface area contributed by atoms with E-state index < -0.39 is 0 Å². The molecule has 2 fully saturated rings. The second-order valence-corrected chi connectivity index (χ2v) is 7.75. The minimum absolute atomic E-state index is 0.0862. The zero-order chi connectivity index (χ0) is 16.4. The van der Waals surface area contributed by atoms with E-state index >= 15 is 0 Å². The number of nitrogens with one attached hydrogen (secondary N) is 1. The Kier molecular flexibility index (Phi) is 5.21. The van der Waals surface area contributed by atoms with Gasteiger partial charge in [0.1, 0.15) is 5.82 Å². The quantitative estimate of drug-likeness (QED) is 0.852. The number of pyridine rings is 1. The molecule has 0 spiro atoms. The van der Waals surface area contributed by atoms with E-state index in [2.05, 4.69) is 26.2 Å².